The van der Waals surface area contributed by atoms with Crippen LogP contribution in [0.15, 0.2) is 11.2 Å². The lowest BCUT2D eigenvalue weighted by Gasteiger charge is -2.03. The molecule has 0 radical (unpaired) electrons. The average molecular weight is 399 g/mol. The maximum atomic E-state index is 13.7. The number of aromatic nitrogens is 4. The molecule has 11 heteroatoms. The Balaban J connectivity index is 1.43. The molecule has 1 aromatic carbocycles. The Hall–Kier alpha value is -2.14. The zero-order valence-corrected chi connectivity index (χ0v) is 15.1. The number of hydrogen-bond acceptors (Lipinski definition) is 6. The fraction of sp³-hybridized carbons (Fsp3) is 0.333. The minimum Gasteiger partial charge on any atom is -0.309 e. The highest BCUT2D eigenvalue weighted by molar-refractivity contribution is 7.99. The van der Waals surface area contributed by atoms with Crippen molar-refractivity contribution in [1.82, 2.24) is 19.7 Å². The topological polar surface area (TPSA) is 72.7 Å². The second-order valence-corrected chi connectivity index (χ2v) is 7.84. The molecule has 3 aromatic rings. The van der Waals surface area contributed by atoms with E-state index < -0.39 is 17.5 Å². The quantitative estimate of drug-likeness (QED) is 0.526. The molecule has 1 fully saturated rings. The van der Waals surface area contributed by atoms with Crippen molar-refractivity contribution in [3.8, 4) is 0 Å². The average Bonchev–Trinajstić information content (AvgIpc) is 3.27. The molecule has 2 heterocycles. The smallest absolute Gasteiger partial charge is 0.236 e. The van der Waals surface area contributed by atoms with Gasteiger partial charge in [0.15, 0.2) is 27.7 Å². The van der Waals surface area contributed by atoms with Crippen LogP contribution in [0.3, 0.4) is 0 Å². The summed E-state index contributed by atoms with van der Waals surface area (Å²) in [6.07, 6.45) is 2.21. The number of thioether (sulfide) groups is 1. The van der Waals surface area contributed by atoms with Gasteiger partial charge in [-0.2, -0.15) is 0 Å². The van der Waals surface area contributed by atoms with Crippen LogP contribution in [0.4, 0.5) is 18.3 Å². The fourth-order valence-corrected chi connectivity index (χ4v) is 4.08. The van der Waals surface area contributed by atoms with E-state index in [2.05, 4.69) is 20.5 Å². The Morgan fingerprint density at radius 1 is 1.35 bits per heavy atom. The van der Waals surface area contributed by atoms with E-state index in [0.29, 0.717) is 11.1 Å². The third kappa shape index (κ3) is 3.16. The highest BCUT2D eigenvalue weighted by Gasteiger charge is 2.29. The van der Waals surface area contributed by atoms with Gasteiger partial charge in [0, 0.05) is 13.0 Å². The van der Waals surface area contributed by atoms with Crippen LogP contribution in [0.25, 0.3) is 10.2 Å². The van der Waals surface area contributed by atoms with Crippen molar-refractivity contribution in [3.05, 3.63) is 29.3 Å². The maximum Gasteiger partial charge on any atom is 0.236 e. The molecular weight excluding hydrogens is 387 g/mol. The number of hydrogen-bond donors (Lipinski definition) is 1. The van der Waals surface area contributed by atoms with Gasteiger partial charge in [-0.25, -0.2) is 18.2 Å². The summed E-state index contributed by atoms with van der Waals surface area (Å²) in [4.78, 5) is 15.9. The summed E-state index contributed by atoms with van der Waals surface area (Å²) in [7, 11) is 1.85. The standard InChI is InChI=1S/C15H12F3N5OS2/c1-23-13(6-2-3-6)21-22-15(23)25-5-9(24)19-14-20-12-8(26-14)4-7(16)10(17)11(12)18/h4,6H,2-3,5H2,1H3,(H,19,20,24). The van der Waals surface area contributed by atoms with Gasteiger partial charge in [0.05, 0.1) is 10.5 Å². The molecular formula is C15H12F3N5OS2. The van der Waals surface area contributed by atoms with Crippen LogP contribution in [0.5, 0.6) is 0 Å². The first-order valence-corrected chi connectivity index (χ1v) is 9.50. The van der Waals surface area contributed by atoms with Crippen molar-refractivity contribution in [3.63, 3.8) is 0 Å². The van der Waals surface area contributed by atoms with E-state index in [1.54, 1.807) is 0 Å². The fourth-order valence-electron chi connectivity index (χ4n) is 2.46. The van der Waals surface area contributed by atoms with Gasteiger partial charge in [0.1, 0.15) is 11.3 Å². The zero-order valence-electron chi connectivity index (χ0n) is 13.4. The number of nitrogens with zero attached hydrogens (tertiary/aromatic N) is 4. The number of benzene rings is 1. The van der Waals surface area contributed by atoms with E-state index in [9.17, 15) is 18.0 Å². The number of amides is 1. The molecule has 2 aromatic heterocycles. The zero-order chi connectivity index (χ0) is 18.4. The van der Waals surface area contributed by atoms with Crippen molar-refractivity contribution in [1.29, 1.82) is 0 Å². The van der Waals surface area contributed by atoms with Crippen molar-refractivity contribution >= 4 is 44.4 Å². The van der Waals surface area contributed by atoms with Crippen LogP contribution in [-0.4, -0.2) is 31.4 Å². The Morgan fingerprint density at radius 3 is 2.85 bits per heavy atom. The van der Waals surface area contributed by atoms with Gasteiger partial charge in [0.2, 0.25) is 5.91 Å². The second-order valence-electron chi connectivity index (χ2n) is 5.86. The lowest BCUT2D eigenvalue weighted by molar-refractivity contribution is -0.113. The molecule has 1 N–H and O–H groups in total. The minimum atomic E-state index is -1.58. The summed E-state index contributed by atoms with van der Waals surface area (Å²) in [5, 5.41) is 11.4. The van der Waals surface area contributed by atoms with Crippen LogP contribution in [0.1, 0.15) is 24.6 Å². The van der Waals surface area contributed by atoms with Gasteiger partial charge in [0.25, 0.3) is 0 Å². The molecule has 1 aliphatic rings. The Labute approximate surface area is 153 Å². The highest BCUT2D eigenvalue weighted by atomic mass is 32.2. The Kier molecular flexibility index (Phi) is 4.35. The van der Waals surface area contributed by atoms with Crippen molar-refractivity contribution in [2.24, 2.45) is 7.05 Å². The summed E-state index contributed by atoms with van der Waals surface area (Å²) in [6, 6.07) is 0.856. The molecule has 4 rings (SSSR count). The van der Waals surface area contributed by atoms with Crippen LogP contribution in [-0.2, 0) is 11.8 Å². The van der Waals surface area contributed by atoms with Gasteiger partial charge < -0.3 is 9.88 Å². The third-order valence-corrected chi connectivity index (χ3v) is 5.85. The molecule has 1 saturated carbocycles. The van der Waals surface area contributed by atoms with E-state index in [4.69, 9.17) is 0 Å². The number of carbonyl (C=O) groups is 1. The molecule has 0 unspecified atom stereocenters. The molecule has 1 amide bonds. The van der Waals surface area contributed by atoms with Crippen LogP contribution < -0.4 is 5.32 Å². The number of carbonyl (C=O) groups excluding carboxylic acids is 1. The van der Waals surface area contributed by atoms with E-state index >= 15 is 0 Å². The summed E-state index contributed by atoms with van der Waals surface area (Å²) in [5.41, 5.74) is -0.306. The largest absolute Gasteiger partial charge is 0.309 e. The summed E-state index contributed by atoms with van der Waals surface area (Å²) < 4.78 is 42.2. The third-order valence-electron chi connectivity index (χ3n) is 3.91. The molecule has 0 atom stereocenters. The number of halogens is 3. The Bertz CT molecular complexity index is 1010. The van der Waals surface area contributed by atoms with Gasteiger partial charge in [-0.05, 0) is 18.9 Å². The SMILES string of the molecule is Cn1c(SCC(=O)Nc2nc3c(F)c(F)c(F)cc3s2)nnc1C1CC1. The molecule has 0 saturated heterocycles. The second kappa shape index (κ2) is 6.54. The molecule has 6 nitrogen and oxygen atoms in total. The van der Waals surface area contributed by atoms with E-state index in [1.165, 1.54) is 11.8 Å². The first-order valence-electron chi connectivity index (χ1n) is 7.70. The van der Waals surface area contributed by atoms with E-state index in [1.807, 2.05) is 11.6 Å². The van der Waals surface area contributed by atoms with Gasteiger partial charge in [-0.15, -0.1) is 10.2 Å². The number of fused-ring (bicyclic) bond motifs is 1. The number of thiazole rings is 1. The summed E-state index contributed by atoms with van der Waals surface area (Å²) in [6.45, 7) is 0. The Morgan fingerprint density at radius 2 is 2.12 bits per heavy atom. The molecule has 136 valence electrons. The molecule has 0 bridgehead atoms. The van der Waals surface area contributed by atoms with Crippen molar-refractivity contribution in [2.75, 3.05) is 11.1 Å². The van der Waals surface area contributed by atoms with E-state index in [0.717, 1.165) is 36.1 Å². The first-order chi connectivity index (χ1) is 12.4. The monoisotopic (exact) mass is 399 g/mol. The lowest BCUT2D eigenvalue weighted by Crippen LogP contribution is -2.14. The van der Waals surface area contributed by atoms with E-state index in [-0.39, 0.29) is 27.0 Å². The van der Waals surface area contributed by atoms with Crippen LogP contribution in [0.2, 0.25) is 0 Å². The molecule has 0 aliphatic heterocycles. The van der Waals surface area contributed by atoms with Gasteiger partial charge in [-0.3, -0.25) is 4.79 Å². The normalized spacial score (nSPS) is 14.2. The predicted molar refractivity (Wildman–Crippen MR) is 91.8 cm³/mol. The van der Waals surface area contributed by atoms with Gasteiger partial charge in [-0.1, -0.05) is 23.1 Å². The minimum absolute atomic E-state index is 0.0533. The van der Waals surface area contributed by atoms with Gasteiger partial charge >= 0.3 is 0 Å². The number of anilines is 1. The highest BCUT2D eigenvalue weighted by Crippen LogP contribution is 2.39. The molecule has 26 heavy (non-hydrogen) atoms. The first kappa shape index (κ1) is 17.3. The predicted octanol–water partition coefficient (Wildman–Crippen LogP) is 3.45. The maximum absolute atomic E-state index is 13.7. The van der Waals surface area contributed by atoms with Crippen molar-refractivity contribution in [2.45, 2.75) is 23.9 Å². The summed E-state index contributed by atoms with van der Waals surface area (Å²) >= 11 is 2.09. The lowest BCUT2D eigenvalue weighted by atomic mass is 10.3. The number of rotatable bonds is 5. The summed E-state index contributed by atoms with van der Waals surface area (Å²) in [5.74, 6) is -3.19. The van der Waals surface area contributed by atoms with Crippen molar-refractivity contribution < 1.29 is 18.0 Å². The molecule has 1 aliphatic carbocycles. The van der Waals surface area contributed by atoms with Crippen LogP contribution >= 0.6 is 23.1 Å². The number of nitrogens with one attached hydrogen (secondary N) is 1. The molecule has 0 spiro atoms. The van der Waals surface area contributed by atoms with Crippen LogP contribution in [0, 0.1) is 17.5 Å².